The van der Waals surface area contributed by atoms with E-state index in [-0.39, 0.29) is 29.4 Å². The molecule has 3 rings (SSSR count). The van der Waals surface area contributed by atoms with Gasteiger partial charge in [-0.1, -0.05) is 30.5 Å². The van der Waals surface area contributed by atoms with E-state index in [1.165, 1.54) is 11.8 Å². The van der Waals surface area contributed by atoms with Crippen molar-refractivity contribution in [1.29, 1.82) is 0 Å². The lowest BCUT2D eigenvalue weighted by atomic mass is 9.81. The molecule has 1 aromatic carbocycles. The van der Waals surface area contributed by atoms with Crippen LogP contribution in [0.3, 0.4) is 0 Å². The highest BCUT2D eigenvalue weighted by atomic mass is 32.2. The van der Waals surface area contributed by atoms with E-state index in [1.807, 2.05) is 26.0 Å². The van der Waals surface area contributed by atoms with Crippen LogP contribution in [0.5, 0.6) is 0 Å². The smallest absolute Gasteiger partial charge is 0.330 e. The van der Waals surface area contributed by atoms with Gasteiger partial charge in [-0.2, -0.15) is 11.8 Å². The number of esters is 1. The maximum absolute atomic E-state index is 12.8. The number of benzene rings is 1. The predicted molar refractivity (Wildman–Crippen MR) is 115 cm³/mol. The van der Waals surface area contributed by atoms with Crippen LogP contribution in [-0.4, -0.2) is 53.2 Å². The molecule has 0 unspecified atom stereocenters. The SMILES string of the molecule is CSC[C@H](C(=O)OCC(=O)Nc1ccc(C)cc1C)N1C(=O)[C@@H]2CCCC[C@H]2C1=O. The van der Waals surface area contributed by atoms with E-state index in [0.717, 1.165) is 28.9 Å². The lowest BCUT2D eigenvalue weighted by Crippen LogP contribution is -2.48. The summed E-state index contributed by atoms with van der Waals surface area (Å²) in [6.45, 7) is 3.37. The first kappa shape index (κ1) is 22.3. The molecule has 3 atom stereocenters. The van der Waals surface area contributed by atoms with E-state index >= 15 is 0 Å². The van der Waals surface area contributed by atoms with Gasteiger partial charge in [0.2, 0.25) is 11.8 Å². The maximum atomic E-state index is 12.8. The van der Waals surface area contributed by atoms with Crippen molar-refractivity contribution in [3.63, 3.8) is 0 Å². The van der Waals surface area contributed by atoms with Crippen LogP contribution in [0.4, 0.5) is 5.69 Å². The molecule has 1 N–H and O–H groups in total. The number of rotatable bonds is 7. The molecule has 7 nitrogen and oxygen atoms in total. The first-order valence-electron chi connectivity index (χ1n) is 10.2. The fourth-order valence-electron chi connectivity index (χ4n) is 4.27. The molecule has 2 aliphatic rings. The molecule has 1 saturated heterocycles. The second-order valence-electron chi connectivity index (χ2n) is 7.99. The third-order valence-electron chi connectivity index (χ3n) is 5.79. The number of hydrogen-bond acceptors (Lipinski definition) is 6. The average Bonchev–Trinajstić information content (AvgIpc) is 2.97. The van der Waals surface area contributed by atoms with Crippen molar-refractivity contribution in [2.24, 2.45) is 11.8 Å². The molecule has 8 heteroatoms. The number of likely N-dealkylation sites (tertiary alicyclic amines) is 1. The fourth-order valence-corrected chi connectivity index (χ4v) is 4.87. The van der Waals surface area contributed by atoms with Crippen molar-refractivity contribution in [2.75, 3.05) is 23.9 Å². The van der Waals surface area contributed by atoms with Crippen LogP contribution in [0, 0.1) is 25.7 Å². The van der Waals surface area contributed by atoms with Gasteiger partial charge < -0.3 is 10.1 Å². The number of ether oxygens (including phenoxy) is 1. The van der Waals surface area contributed by atoms with E-state index in [2.05, 4.69) is 5.32 Å². The summed E-state index contributed by atoms with van der Waals surface area (Å²) in [4.78, 5) is 51.7. The van der Waals surface area contributed by atoms with E-state index in [9.17, 15) is 19.2 Å². The van der Waals surface area contributed by atoms with E-state index in [0.29, 0.717) is 18.5 Å². The molecule has 1 aliphatic heterocycles. The average molecular weight is 433 g/mol. The normalized spacial score (nSPS) is 21.9. The van der Waals surface area contributed by atoms with Crippen LogP contribution in [-0.2, 0) is 23.9 Å². The fraction of sp³-hybridized carbons (Fsp3) is 0.545. The van der Waals surface area contributed by atoms with Gasteiger partial charge in [-0.25, -0.2) is 4.79 Å². The highest BCUT2D eigenvalue weighted by Gasteiger charge is 2.52. The Bertz CT molecular complexity index is 832. The Hall–Kier alpha value is -2.35. The number of carbonyl (C=O) groups is 4. The number of fused-ring (bicyclic) bond motifs is 1. The number of anilines is 1. The standard InChI is InChI=1S/C22H28N2O5S/c1-13-8-9-17(14(2)10-13)23-19(25)11-29-22(28)18(12-30-3)24-20(26)15-6-4-5-7-16(15)21(24)27/h8-10,15-16,18H,4-7,11-12H2,1-3H3,(H,23,25)/t15-,16-,18-/m1/s1. The molecular weight excluding hydrogens is 404 g/mol. The predicted octanol–water partition coefficient (Wildman–Crippen LogP) is 2.69. The van der Waals surface area contributed by atoms with E-state index in [1.54, 1.807) is 12.3 Å². The van der Waals surface area contributed by atoms with Crippen LogP contribution >= 0.6 is 11.8 Å². The first-order chi connectivity index (χ1) is 14.3. The molecule has 0 spiro atoms. The second kappa shape index (κ2) is 9.64. The Balaban J connectivity index is 1.63. The zero-order valence-corrected chi connectivity index (χ0v) is 18.4. The summed E-state index contributed by atoms with van der Waals surface area (Å²) in [6, 6.07) is 4.62. The number of carbonyl (C=O) groups excluding carboxylic acids is 4. The molecule has 0 bridgehead atoms. The van der Waals surface area contributed by atoms with Crippen molar-refractivity contribution in [3.05, 3.63) is 29.3 Å². The molecule has 3 amide bonds. The summed E-state index contributed by atoms with van der Waals surface area (Å²) in [6.07, 6.45) is 5.01. The molecule has 1 aromatic rings. The Kier molecular flexibility index (Phi) is 7.18. The number of thioether (sulfide) groups is 1. The highest BCUT2D eigenvalue weighted by molar-refractivity contribution is 7.98. The summed E-state index contributed by atoms with van der Waals surface area (Å²) < 4.78 is 5.21. The van der Waals surface area contributed by atoms with Gasteiger partial charge >= 0.3 is 5.97 Å². The summed E-state index contributed by atoms with van der Waals surface area (Å²) in [7, 11) is 0. The largest absolute Gasteiger partial charge is 0.454 e. The van der Waals surface area contributed by atoms with Crippen LogP contribution in [0.25, 0.3) is 0 Å². The van der Waals surface area contributed by atoms with Crippen LogP contribution in [0.1, 0.15) is 36.8 Å². The van der Waals surface area contributed by atoms with Gasteiger partial charge in [0.25, 0.3) is 5.91 Å². The monoisotopic (exact) mass is 432 g/mol. The number of hydrogen-bond donors (Lipinski definition) is 1. The molecule has 2 fully saturated rings. The van der Waals surface area contributed by atoms with Gasteiger partial charge in [0.1, 0.15) is 6.04 Å². The molecule has 1 saturated carbocycles. The molecule has 30 heavy (non-hydrogen) atoms. The van der Waals surface area contributed by atoms with E-state index in [4.69, 9.17) is 4.74 Å². The minimum atomic E-state index is -1.00. The quantitative estimate of drug-likeness (QED) is 0.526. The Morgan fingerprint density at radius 1 is 1.17 bits per heavy atom. The molecule has 0 radical (unpaired) electrons. The van der Waals surface area contributed by atoms with Crippen LogP contribution in [0.15, 0.2) is 18.2 Å². The van der Waals surface area contributed by atoms with Gasteiger partial charge in [0, 0.05) is 11.4 Å². The molecule has 1 heterocycles. The molecular formula is C22H28N2O5S. The molecule has 1 aliphatic carbocycles. The Labute approximate surface area is 180 Å². The number of aryl methyl sites for hydroxylation is 2. The zero-order chi connectivity index (χ0) is 21.8. The van der Waals surface area contributed by atoms with Gasteiger partial charge in [-0.3, -0.25) is 19.3 Å². The summed E-state index contributed by atoms with van der Waals surface area (Å²) in [5, 5.41) is 2.72. The number of nitrogens with zero attached hydrogens (tertiary/aromatic N) is 1. The minimum absolute atomic E-state index is 0.244. The van der Waals surface area contributed by atoms with Crippen LogP contribution < -0.4 is 5.32 Å². The highest BCUT2D eigenvalue weighted by Crippen LogP contribution is 2.39. The van der Waals surface area contributed by atoms with E-state index < -0.39 is 24.5 Å². The van der Waals surface area contributed by atoms with Crippen molar-refractivity contribution in [3.8, 4) is 0 Å². The van der Waals surface area contributed by atoms with Crippen LogP contribution in [0.2, 0.25) is 0 Å². The third kappa shape index (κ3) is 4.69. The lowest BCUT2D eigenvalue weighted by Gasteiger charge is -2.24. The van der Waals surface area contributed by atoms with Gasteiger partial charge in [-0.05, 0) is 44.6 Å². The second-order valence-corrected chi connectivity index (χ2v) is 8.90. The van der Waals surface area contributed by atoms with Gasteiger partial charge in [0.15, 0.2) is 6.61 Å². The molecule has 0 aromatic heterocycles. The number of amides is 3. The topological polar surface area (TPSA) is 92.8 Å². The summed E-state index contributed by atoms with van der Waals surface area (Å²) in [5.41, 5.74) is 2.64. The summed E-state index contributed by atoms with van der Waals surface area (Å²) in [5.74, 6) is -2.14. The maximum Gasteiger partial charge on any atom is 0.330 e. The van der Waals surface area contributed by atoms with Crippen molar-refractivity contribution in [2.45, 2.75) is 45.6 Å². The van der Waals surface area contributed by atoms with Gasteiger partial charge in [0.05, 0.1) is 11.8 Å². The van der Waals surface area contributed by atoms with Gasteiger partial charge in [-0.15, -0.1) is 0 Å². The Morgan fingerprint density at radius 2 is 1.80 bits per heavy atom. The van der Waals surface area contributed by atoms with Crippen molar-refractivity contribution in [1.82, 2.24) is 4.90 Å². The minimum Gasteiger partial charge on any atom is -0.454 e. The zero-order valence-electron chi connectivity index (χ0n) is 17.6. The number of imide groups is 1. The number of nitrogens with one attached hydrogen (secondary N) is 1. The molecule has 162 valence electrons. The summed E-state index contributed by atoms with van der Waals surface area (Å²) >= 11 is 1.35. The van der Waals surface area contributed by atoms with Crippen molar-refractivity contribution >= 4 is 41.1 Å². The lowest BCUT2D eigenvalue weighted by molar-refractivity contribution is -0.158. The van der Waals surface area contributed by atoms with Crippen molar-refractivity contribution < 1.29 is 23.9 Å². The third-order valence-corrected chi connectivity index (χ3v) is 6.43. The Morgan fingerprint density at radius 3 is 2.37 bits per heavy atom. The first-order valence-corrected chi connectivity index (χ1v) is 11.6.